The van der Waals surface area contributed by atoms with Gasteiger partial charge in [-0.15, -0.1) is 0 Å². The minimum Gasteiger partial charge on any atom is -0.396 e. The van der Waals surface area contributed by atoms with Crippen LogP contribution >= 0.6 is 0 Å². The smallest absolute Gasteiger partial charge is 0.251 e. The molecule has 4 nitrogen and oxygen atoms in total. The van der Waals surface area contributed by atoms with Gasteiger partial charge < -0.3 is 10.4 Å². The van der Waals surface area contributed by atoms with E-state index in [1.165, 1.54) is 18.2 Å². The lowest BCUT2D eigenvalue weighted by molar-refractivity contribution is 0.0939. The van der Waals surface area contributed by atoms with Gasteiger partial charge in [0.25, 0.3) is 5.91 Å². The second-order valence-electron chi connectivity index (χ2n) is 5.25. The Morgan fingerprint density at radius 1 is 1.36 bits per heavy atom. The third-order valence-electron chi connectivity index (χ3n) is 3.45. The molecule has 116 valence electrons. The van der Waals surface area contributed by atoms with E-state index in [0.717, 1.165) is 5.69 Å². The molecule has 0 radical (unpaired) electrons. The van der Waals surface area contributed by atoms with Gasteiger partial charge in [0, 0.05) is 36.5 Å². The predicted molar refractivity (Wildman–Crippen MR) is 82.0 cm³/mol. The molecule has 0 fully saturated rings. The number of aliphatic hydroxyl groups is 1. The number of amides is 1. The summed E-state index contributed by atoms with van der Waals surface area (Å²) in [6.45, 7) is 1.91. The van der Waals surface area contributed by atoms with E-state index < -0.39 is 0 Å². The molecule has 1 unspecified atom stereocenters. The van der Waals surface area contributed by atoms with E-state index in [9.17, 15) is 14.3 Å². The van der Waals surface area contributed by atoms with E-state index in [0.29, 0.717) is 24.1 Å². The van der Waals surface area contributed by atoms with Crippen molar-refractivity contribution < 1.29 is 14.3 Å². The lowest BCUT2D eigenvalue weighted by Crippen LogP contribution is -2.32. The maximum Gasteiger partial charge on any atom is 0.251 e. The molecule has 1 aromatic carbocycles. The number of aromatic nitrogens is 1. The zero-order chi connectivity index (χ0) is 15.9. The Morgan fingerprint density at radius 2 is 2.18 bits per heavy atom. The van der Waals surface area contributed by atoms with Gasteiger partial charge in [0.05, 0.1) is 0 Å². The van der Waals surface area contributed by atoms with Crippen molar-refractivity contribution in [3.63, 3.8) is 0 Å². The van der Waals surface area contributed by atoms with Crippen LogP contribution in [-0.4, -0.2) is 29.1 Å². The molecule has 0 spiro atoms. The summed E-state index contributed by atoms with van der Waals surface area (Å²) in [6, 6.07) is 9.84. The summed E-state index contributed by atoms with van der Waals surface area (Å²) in [4.78, 5) is 16.3. The van der Waals surface area contributed by atoms with Crippen molar-refractivity contribution in [2.75, 3.05) is 13.2 Å². The first-order valence-corrected chi connectivity index (χ1v) is 7.15. The monoisotopic (exact) mass is 302 g/mol. The van der Waals surface area contributed by atoms with Crippen LogP contribution in [0.1, 0.15) is 21.6 Å². The van der Waals surface area contributed by atoms with Crippen molar-refractivity contribution in [3.05, 3.63) is 65.2 Å². The van der Waals surface area contributed by atoms with Crippen LogP contribution in [0, 0.1) is 18.7 Å². The average Bonchev–Trinajstić information content (AvgIpc) is 2.54. The fourth-order valence-electron chi connectivity index (χ4n) is 2.14. The minimum atomic E-state index is -0.333. The van der Waals surface area contributed by atoms with E-state index in [4.69, 9.17) is 0 Å². The number of benzene rings is 1. The molecule has 1 atom stereocenters. The molecular formula is C17H19FN2O2. The fraction of sp³-hybridized carbons (Fsp3) is 0.294. The summed E-state index contributed by atoms with van der Waals surface area (Å²) < 4.78 is 13.2. The Kier molecular flexibility index (Phi) is 5.61. The summed E-state index contributed by atoms with van der Waals surface area (Å²) >= 11 is 0. The van der Waals surface area contributed by atoms with E-state index in [1.54, 1.807) is 13.1 Å². The summed E-state index contributed by atoms with van der Waals surface area (Å²) in [5, 5.41) is 12.2. The standard InChI is InChI=1S/C17H19FN2O2/c1-12-8-14(5-6-16(12)18)17(22)20-10-13(11-21)9-15-4-2-3-7-19-15/h2-8,13,21H,9-11H2,1H3,(H,20,22). The van der Waals surface area contributed by atoms with Gasteiger partial charge in [0.15, 0.2) is 0 Å². The van der Waals surface area contributed by atoms with Gasteiger partial charge in [0.2, 0.25) is 0 Å². The first-order chi connectivity index (χ1) is 10.6. The summed E-state index contributed by atoms with van der Waals surface area (Å²) in [6.07, 6.45) is 2.28. The molecule has 0 aliphatic carbocycles. The van der Waals surface area contributed by atoms with Crippen molar-refractivity contribution in [1.29, 1.82) is 0 Å². The third kappa shape index (κ3) is 4.36. The van der Waals surface area contributed by atoms with Crippen LogP contribution in [0.4, 0.5) is 4.39 Å². The summed E-state index contributed by atoms with van der Waals surface area (Å²) in [5.41, 5.74) is 1.71. The number of nitrogens with zero attached hydrogens (tertiary/aromatic N) is 1. The lowest BCUT2D eigenvalue weighted by atomic mass is 10.0. The first-order valence-electron chi connectivity index (χ1n) is 7.15. The van der Waals surface area contributed by atoms with Crippen LogP contribution < -0.4 is 5.32 Å². The molecule has 0 aliphatic rings. The topological polar surface area (TPSA) is 62.2 Å². The Labute approximate surface area is 129 Å². The number of hydrogen-bond donors (Lipinski definition) is 2. The number of halogens is 1. The molecule has 0 aliphatic heterocycles. The van der Waals surface area contributed by atoms with Crippen molar-refractivity contribution in [3.8, 4) is 0 Å². The highest BCUT2D eigenvalue weighted by Crippen LogP contribution is 2.10. The Balaban J connectivity index is 1.92. The van der Waals surface area contributed by atoms with Gasteiger partial charge >= 0.3 is 0 Å². The highest BCUT2D eigenvalue weighted by Gasteiger charge is 2.13. The molecule has 1 heterocycles. The number of hydrogen-bond acceptors (Lipinski definition) is 3. The molecule has 2 rings (SSSR count). The zero-order valence-corrected chi connectivity index (χ0v) is 12.4. The van der Waals surface area contributed by atoms with Crippen LogP contribution in [0.5, 0.6) is 0 Å². The Hall–Kier alpha value is -2.27. The van der Waals surface area contributed by atoms with Crippen LogP contribution in [-0.2, 0) is 6.42 Å². The molecular weight excluding hydrogens is 283 g/mol. The normalized spacial score (nSPS) is 12.0. The molecule has 2 aromatic rings. The van der Waals surface area contributed by atoms with Crippen LogP contribution in [0.15, 0.2) is 42.6 Å². The van der Waals surface area contributed by atoms with Gasteiger partial charge in [-0.05, 0) is 49.2 Å². The second-order valence-corrected chi connectivity index (χ2v) is 5.25. The first kappa shape index (κ1) is 16.1. The highest BCUT2D eigenvalue weighted by molar-refractivity contribution is 5.94. The molecule has 22 heavy (non-hydrogen) atoms. The third-order valence-corrected chi connectivity index (χ3v) is 3.45. The second kappa shape index (κ2) is 7.66. The Bertz CT molecular complexity index is 632. The van der Waals surface area contributed by atoms with Crippen molar-refractivity contribution >= 4 is 5.91 Å². The largest absolute Gasteiger partial charge is 0.396 e. The zero-order valence-electron chi connectivity index (χ0n) is 12.4. The van der Waals surface area contributed by atoms with Crippen LogP contribution in [0.3, 0.4) is 0 Å². The molecule has 1 amide bonds. The SMILES string of the molecule is Cc1cc(C(=O)NCC(CO)Cc2ccccn2)ccc1F. The number of rotatable bonds is 6. The van der Waals surface area contributed by atoms with Gasteiger partial charge in [-0.2, -0.15) is 0 Å². The maximum atomic E-state index is 13.2. The van der Waals surface area contributed by atoms with E-state index in [2.05, 4.69) is 10.3 Å². The number of pyridine rings is 1. The quantitative estimate of drug-likeness (QED) is 0.859. The number of carbonyl (C=O) groups excluding carboxylic acids is 1. The maximum absolute atomic E-state index is 13.2. The number of aryl methyl sites for hydroxylation is 1. The van der Waals surface area contributed by atoms with Crippen molar-refractivity contribution in [2.24, 2.45) is 5.92 Å². The van der Waals surface area contributed by atoms with Gasteiger partial charge in [-0.25, -0.2) is 4.39 Å². The van der Waals surface area contributed by atoms with E-state index in [-0.39, 0.29) is 24.2 Å². The minimum absolute atomic E-state index is 0.0424. The molecule has 5 heteroatoms. The van der Waals surface area contributed by atoms with Crippen LogP contribution in [0.25, 0.3) is 0 Å². The molecule has 1 aromatic heterocycles. The van der Waals surface area contributed by atoms with Crippen LogP contribution in [0.2, 0.25) is 0 Å². The summed E-state index contributed by atoms with van der Waals surface area (Å²) in [7, 11) is 0. The molecule has 0 bridgehead atoms. The van der Waals surface area contributed by atoms with E-state index in [1.807, 2.05) is 18.2 Å². The van der Waals surface area contributed by atoms with Gasteiger partial charge in [0.1, 0.15) is 5.82 Å². The van der Waals surface area contributed by atoms with Gasteiger partial charge in [-0.1, -0.05) is 6.07 Å². The van der Waals surface area contributed by atoms with E-state index >= 15 is 0 Å². The molecule has 2 N–H and O–H groups in total. The molecule has 0 saturated carbocycles. The summed E-state index contributed by atoms with van der Waals surface area (Å²) in [5.74, 6) is -0.720. The molecule has 0 saturated heterocycles. The predicted octanol–water partition coefficient (Wildman–Crippen LogP) is 2.11. The number of aliphatic hydroxyl groups excluding tert-OH is 1. The highest BCUT2D eigenvalue weighted by atomic mass is 19.1. The lowest BCUT2D eigenvalue weighted by Gasteiger charge is -2.15. The fourth-order valence-corrected chi connectivity index (χ4v) is 2.14. The van der Waals surface area contributed by atoms with Gasteiger partial charge in [-0.3, -0.25) is 9.78 Å². The average molecular weight is 302 g/mol. The van der Waals surface area contributed by atoms with Crippen molar-refractivity contribution in [2.45, 2.75) is 13.3 Å². The number of nitrogens with one attached hydrogen (secondary N) is 1. The Morgan fingerprint density at radius 3 is 2.82 bits per heavy atom. The number of carbonyl (C=O) groups is 1. The van der Waals surface area contributed by atoms with Crippen molar-refractivity contribution in [1.82, 2.24) is 10.3 Å².